The zero-order chi connectivity index (χ0) is 15.4. The SMILES string of the molecule is CCNc1cc([N+](=O)[O-])cc(NC2CCC(C)C(C)C2)n1. The molecule has 1 fully saturated rings. The Kier molecular flexibility index (Phi) is 4.98. The van der Waals surface area contributed by atoms with Crippen molar-refractivity contribution in [1.29, 1.82) is 0 Å². The minimum atomic E-state index is -0.376. The summed E-state index contributed by atoms with van der Waals surface area (Å²) in [6.45, 7) is 7.18. The quantitative estimate of drug-likeness (QED) is 0.639. The Hall–Kier alpha value is -1.85. The summed E-state index contributed by atoms with van der Waals surface area (Å²) in [7, 11) is 0. The van der Waals surface area contributed by atoms with E-state index in [9.17, 15) is 10.1 Å². The zero-order valence-corrected chi connectivity index (χ0v) is 12.9. The Balaban J connectivity index is 2.13. The van der Waals surface area contributed by atoms with Gasteiger partial charge in [0.15, 0.2) is 0 Å². The normalized spacial score (nSPS) is 25.4. The van der Waals surface area contributed by atoms with Crippen LogP contribution in [0.25, 0.3) is 0 Å². The topological polar surface area (TPSA) is 80.1 Å². The average molecular weight is 292 g/mol. The van der Waals surface area contributed by atoms with Gasteiger partial charge in [-0.1, -0.05) is 13.8 Å². The van der Waals surface area contributed by atoms with E-state index >= 15 is 0 Å². The smallest absolute Gasteiger partial charge is 0.276 e. The van der Waals surface area contributed by atoms with Crippen molar-refractivity contribution < 1.29 is 4.92 Å². The van der Waals surface area contributed by atoms with Crippen LogP contribution in [-0.4, -0.2) is 22.5 Å². The summed E-state index contributed by atoms with van der Waals surface area (Å²) < 4.78 is 0. The van der Waals surface area contributed by atoms with Crippen molar-refractivity contribution in [3.8, 4) is 0 Å². The number of rotatable bonds is 5. The molecule has 0 bridgehead atoms. The molecule has 0 aliphatic heterocycles. The van der Waals surface area contributed by atoms with E-state index in [2.05, 4.69) is 29.5 Å². The first kappa shape index (κ1) is 15.5. The van der Waals surface area contributed by atoms with Gasteiger partial charge in [0.2, 0.25) is 0 Å². The van der Waals surface area contributed by atoms with Crippen LogP contribution in [0.4, 0.5) is 17.3 Å². The number of pyridine rings is 1. The highest BCUT2D eigenvalue weighted by molar-refractivity contribution is 5.55. The van der Waals surface area contributed by atoms with Crippen molar-refractivity contribution in [2.24, 2.45) is 11.8 Å². The van der Waals surface area contributed by atoms with Crippen molar-refractivity contribution in [3.63, 3.8) is 0 Å². The Labute approximate surface area is 125 Å². The highest BCUT2D eigenvalue weighted by Crippen LogP contribution is 2.31. The highest BCUT2D eigenvalue weighted by atomic mass is 16.6. The first-order chi connectivity index (χ1) is 9.99. The van der Waals surface area contributed by atoms with Gasteiger partial charge in [-0.2, -0.15) is 0 Å². The second kappa shape index (κ2) is 6.74. The number of nitrogens with one attached hydrogen (secondary N) is 2. The number of nitrogens with zero attached hydrogens (tertiary/aromatic N) is 2. The summed E-state index contributed by atoms with van der Waals surface area (Å²) in [6, 6.07) is 3.34. The van der Waals surface area contributed by atoms with Gasteiger partial charge >= 0.3 is 0 Å². The fourth-order valence-corrected chi connectivity index (χ4v) is 2.85. The zero-order valence-electron chi connectivity index (χ0n) is 12.9. The van der Waals surface area contributed by atoms with Crippen LogP contribution in [-0.2, 0) is 0 Å². The van der Waals surface area contributed by atoms with Crippen molar-refractivity contribution in [2.45, 2.75) is 46.1 Å². The molecule has 116 valence electrons. The van der Waals surface area contributed by atoms with Crippen LogP contribution in [0, 0.1) is 22.0 Å². The molecule has 2 N–H and O–H groups in total. The maximum atomic E-state index is 11.0. The van der Waals surface area contributed by atoms with E-state index in [-0.39, 0.29) is 10.6 Å². The van der Waals surface area contributed by atoms with Crippen molar-refractivity contribution >= 4 is 17.3 Å². The fourth-order valence-electron chi connectivity index (χ4n) is 2.85. The summed E-state index contributed by atoms with van der Waals surface area (Å²) in [6.07, 6.45) is 3.36. The third-order valence-electron chi connectivity index (χ3n) is 4.33. The summed E-state index contributed by atoms with van der Waals surface area (Å²) in [5.74, 6) is 2.56. The molecule has 3 atom stereocenters. The molecule has 1 aromatic heterocycles. The monoisotopic (exact) mass is 292 g/mol. The maximum absolute atomic E-state index is 11.0. The molecule has 0 saturated heterocycles. The second-order valence-corrected chi connectivity index (χ2v) is 5.99. The van der Waals surface area contributed by atoms with Gasteiger partial charge in [0.05, 0.1) is 17.1 Å². The molecule has 0 aromatic carbocycles. The Morgan fingerprint density at radius 2 is 2.00 bits per heavy atom. The van der Waals surface area contributed by atoms with Crippen molar-refractivity contribution in [2.75, 3.05) is 17.2 Å². The molecule has 1 aliphatic carbocycles. The number of anilines is 2. The lowest BCUT2D eigenvalue weighted by Crippen LogP contribution is -2.30. The van der Waals surface area contributed by atoms with Gasteiger partial charge < -0.3 is 10.6 Å². The van der Waals surface area contributed by atoms with Gasteiger partial charge in [0.25, 0.3) is 5.69 Å². The van der Waals surface area contributed by atoms with E-state index in [0.29, 0.717) is 30.1 Å². The highest BCUT2D eigenvalue weighted by Gasteiger charge is 2.25. The molecule has 2 rings (SSSR count). The van der Waals surface area contributed by atoms with Gasteiger partial charge in [-0.3, -0.25) is 10.1 Å². The molecule has 21 heavy (non-hydrogen) atoms. The minimum Gasteiger partial charge on any atom is -0.370 e. The predicted octanol–water partition coefficient (Wildman–Crippen LogP) is 3.66. The van der Waals surface area contributed by atoms with E-state index in [1.807, 2.05) is 6.92 Å². The molecule has 0 amide bonds. The molecule has 1 saturated carbocycles. The molecular formula is C15H24N4O2. The molecule has 0 radical (unpaired) electrons. The van der Waals surface area contributed by atoms with Gasteiger partial charge in [-0.25, -0.2) is 4.98 Å². The maximum Gasteiger partial charge on any atom is 0.276 e. The number of hydrogen-bond donors (Lipinski definition) is 2. The summed E-state index contributed by atoms with van der Waals surface area (Å²) >= 11 is 0. The summed E-state index contributed by atoms with van der Waals surface area (Å²) in [5, 5.41) is 17.4. The summed E-state index contributed by atoms with van der Waals surface area (Å²) in [4.78, 5) is 15.1. The van der Waals surface area contributed by atoms with Crippen LogP contribution in [0.5, 0.6) is 0 Å². The molecule has 1 aromatic rings. The molecule has 6 nitrogen and oxygen atoms in total. The van der Waals surface area contributed by atoms with Gasteiger partial charge in [0, 0.05) is 12.6 Å². The molecule has 3 unspecified atom stereocenters. The first-order valence-electron chi connectivity index (χ1n) is 7.66. The largest absolute Gasteiger partial charge is 0.370 e. The standard InChI is InChI=1S/C15H24N4O2/c1-4-16-14-8-13(19(20)21)9-15(18-14)17-12-6-5-10(2)11(3)7-12/h8-12H,4-7H2,1-3H3,(H2,16,17,18). The Bertz CT molecular complexity index is 506. The minimum absolute atomic E-state index is 0.0701. The van der Waals surface area contributed by atoms with Gasteiger partial charge in [-0.05, 0) is 38.0 Å². The molecule has 0 spiro atoms. The van der Waals surface area contributed by atoms with Crippen LogP contribution >= 0.6 is 0 Å². The van der Waals surface area contributed by atoms with Gasteiger partial charge in [0.1, 0.15) is 11.6 Å². The van der Waals surface area contributed by atoms with E-state index in [1.54, 1.807) is 0 Å². The van der Waals surface area contributed by atoms with E-state index in [1.165, 1.54) is 18.6 Å². The Morgan fingerprint density at radius 3 is 2.62 bits per heavy atom. The van der Waals surface area contributed by atoms with Crippen LogP contribution in [0.2, 0.25) is 0 Å². The predicted molar refractivity (Wildman–Crippen MR) is 84.6 cm³/mol. The first-order valence-corrected chi connectivity index (χ1v) is 7.66. The van der Waals surface area contributed by atoms with Crippen molar-refractivity contribution in [3.05, 3.63) is 22.2 Å². The van der Waals surface area contributed by atoms with Crippen LogP contribution < -0.4 is 10.6 Å². The molecule has 1 heterocycles. The Morgan fingerprint density at radius 1 is 1.29 bits per heavy atom. The lowest BCUT2D eigenvalue weighted by molar-refractivity contribution is -0.384. The lowest BCUT2D eigenvalue weighted by Gasteiger charge is -2.32. The summed E-state index contributed by atoms with van der Waals surface area (Å²) in [5.41, 5.74) is 0.0701. The third kappa shape index (κ3) is 4.06. The van der Waals surface area contributed by atoms with Crippen LogP contribution in [0.1, 0.15) is 40.0 Å². The van der Waals surface area contributed by atoms with Gasteiger partial charge in [-0.15, -0.1) is 0 Å². The number of hydrogen-bond acceptors (Lipinski definition) is 5. The van der Waals surface area contributed by atoms with E-state index in [0.717, 1.165) is 18.8 Å². The van der Waals surface area contributed by atoms with Crippen LogP contribution in [0.3, 0.4) is 0 Å². The van der Waals surface area contributed by atoms with Crippen LogP contribution in [0.15, 0.2) is 12.1 Å². The molecular weight excluding hydrogens is 268 g/mol. The number of aromatic nitrogens is 1. The van der Waals surface area contributed by atoms with E-state index in [4.69, 9.17) is 0 Å². The third-order valence-corrected chi connectivity index (χ3v) is 4.33. The second-order valence-electron chi connectivity index (χ2n) is 5.99. The average Bonchev–Trinajstić information content (AvgIpc) is 2.43. The molecule has 1 aliphatic rings. The fraction of sp³-hybridized carbons (Fsp3) is 0.667. The van der Waals surface area contributed by atoms with Crippen molar-refractivity contribution in [1.82, 2.24) is 4.98 Å². The number of nitro groups is 1. The lowest BCUT2D eigenvalue weighted by atomic mass is 9.79. The van der Waals surface area contributed by atoms with E-state index < -0.39 is 0 Å². The molecule has 6 heteroatoms.